The van der Waals surface area contributed by atoms with E-state index in [1.54, 1.807) is 0 Å². The molecule has 26 heavy (non-hydrogen) atoms. The maximum Gasteiger partial charge on any atom is 0.0818 e. The first-order valence-electron chi connectivity index (χ1n) is 11.6. The number of rotatable bonds is 20. The molecule has 2 nitrogen and oxygen atoms in total. The molecule has 0 amide bonds. The van der Waals surface area contributed by atoms with Crippen LogP contribution >= 0.6 is 11.9 Å². The average molecular weight is 392 g/mol. The molecule has 0 aromatic rings. The van der Waals surface area contributed by atoms with Gasteiger partial charge in [-0.1, -0.05) is 117 Å². The molecule has 3 heteroatoms. The van der Waals surface area contributed by atoms with Gasteiger partial charge < -0.3 is 6.15 Å². The van der Waals surface area contributed by atoms with E-state index in [1.807, 2.05) is 0 Å². The van der Waals surface area contributed by atoms with Gasteiger partial charge >= 0.3 is 0 Å². The summed E-state index contributed by atoms with van der Waals surface area (Å²) in [6.07, 6.45) is 24.4. The van der Waals surface area contributed by atoms with Gasteiger partial charge in [0.15, 0.2) is 0 Å². The second-order valence-electron chi connectivity index (χ2n) is 8.00. The standard InChI is InChI=1S/C23H47ClO.H3N/c1-4-7-10-13-16-19-22(20-17-14-11-8-5-2)23(25-24)21-18-15-12-9-6-3;/h22-23H,4-21H2,1-3H3;1H3. The molecule has 0 saturated heterocycles. The Balaban J connectivity index is 0. The summed E-state index contributed by atoms with van der Waals surface area (Å²) in [4.78, 5) is 0. The smallest absolute Gasteiger partial charge is 0.0818 e. The summed E-state index contributed by atoms with van der Waals surface area (Å²) in [5.41, 5.74) is 0. The fourth-order valence-electron chi connectivity index (χ4n) is 3.84. The van der Waals surface area contributed by atoms with Gasteiger partial charge in [-0.25, -0.2) is 0 Å². The number of unbranched alkanes of at least 4 members (excludes halogenated alkanes) is 12. The van der Waals surface area contributed by atoms with Gasteiger partial charge in [0.25, 0.3) is 0 Å². The van der Waals surface area contributed by atoms with E-state index in [9.17, 15) is 0 Å². The number of halogens is 1. The summed E-state index contributed by atoms with van der Waals surface area (Å²) in [6, 6.07) is 0. The van der Waals surface area contributed by atoms with Crippen LogP contribution in [0.15, 0.2) is 0 Å². The molecule has 1 unspecified atom stereocenters. The SMILES string of the molecule is CCCCCCCC(CCCCCCC)C(CCCCCCC)OCl.N. The molecular weight excluding hydrogens is 342 g/mol. The Labute approximate surface area is 170 Å². The molecule has 0 bridgehead atoms. The van der Waals surface area contributed by atoms with Crippen LogP contribution in [0.5, 0.6) is 0 Å². The van der Waals surface area contributed by atoms with E-state index in [2.05, 4.69) is 20.8 Å². The fraction of sp³-hybridized carbons (Fsp3) is 1.00. The van der Waals surface area contributed by atoms with Crippen LogP contribution in [-0.2, 0) is 4.29 Å². The molecule has 0 aliphatic carbocycles. The molecule has 3 N–H and O–H groups in total. The Bertz CT molecular complexity index is 236. The van der Waals surface area contributed by atoms with Crippen LogP contribution in [0, 0.1) is 5.92 Å². The highest BCUT2D eigenvalue weighted by Gasteiger charge is 2.21. The van der Waals surface area contributed by atoms with E-state index in [1.165, 1.54) is 109 Å². The third-order valence-electron chi connectivity index (χ3n) is 5.59. The highest BCUT2D eigenvalue weighted by Crippen LogP contribution is 2.28. The monoisotopic (exact) mass is 391 g/mol. The normalized spacial score (nSPS) is 12.3. The average Bonchev–Trinajstić information content (AvgIpc) is 2.63. The van der Waals surface area contributed by atoms with Crippen molar-refractivity contribution >= 4 is 11.9 Å². The molecule has 0 fully saturated rings. The summed E-state index contributed by atoms with van der Waals surface area (Å²) in [6.45, 7) is 6.85. The van der Waals surface area contributed by atoms with Gasteiger partial charge in [0.05, 0.1) is 18.0 Å². The second-order valence-corrected chi connectivity index (χ2v) is 8.17. The molecule has 0 aromatic carbocycles. The lowest BCUT2D eigenvalue weighted by Crippen LogP contribution is -2.21. The Kier molecular flexibility index (Phi) is 25.4. The van der Waals surface area contributed by atoms with Gasteiger partial charge in [0, 0.05) is 0 Å². The summed E-state index contributed by atoms with van der Waals surface area (Å²) in [5.74, 6) is 0.673. The largest absolute Gasteiger partial charge is 0.344 e. The van der Waals surface area contributed by atoms with Crippen LogP contribution in [0.3, 0.4) is 0 Å². The molecule has 0 saturated carbocycles. The predicted octanol–water partition coefficient (Wildman–Crippen LogP) is 9.39. The van der Waals surface area contributed by atoms with Crippen molar-refractivity contribution in [1.82, 2.24) is 6.15 Å². The zero-order valence-corrected chi connectivity index (χ0v) is 19.1. The fourth-order valence-corrected chi connectivity index (χ4v) is 4.07. The van der Waals surface area contributed by atoms with Gasteiger partial charge in [-0.05, 0) is 25.2 Å². The summed E-state index contributed by atoms with van der Waals surface area (Å²) in [7, 11) is 0. The topological polar surface area (TPSA) is 44.2 Å². The van der Waals surface area contributed by atoms with Crippen molar-refractivity contribution in [2.24, 2.45) is 5.92 Å². The first kappa shape index (κ1) is 28.4. The minimum atomic E-state index is 0. The molecular formula is C23H50ClNO. The maximum absolute atomic E-state index is 5.93. The van der Waals surface area contributed by atoms with Crippen LogP contribution in [0.2, 0.25) is 0 Å². The van der Waals surface area contributed by atoms with E-state index in [4.69, 9.17) is 16.2 Å². The quantitative estimate of drug-likeness (QED) is 0.210. The molecule has 0 spiro atoms. The van der Waals surface area contributed by atoms with Crippen molar-refractivity contribution in [3.05, 3.63) is 0 Å². The Morgan fingerprint density at radius 3 is 1.23 bits per heavy atom. The van der Waals surface area contributed by atoms with Crippen molar-refractivity contribution in [1.29, 1.82) is 0 Å². The van der Waals surface area contributed by atoms with E-state index in [0.717, 1.165) is 6.42 Å². The number of hydrogen-bond donors (Lipinski definition) is 1. The molecule has 0 aliphatic heterocycles. The molecule has 0 radical (unpaired) electrons. The van der Waals surface area contributed by atoms with Crippen LogP contribution in [0.1, 0.15) is 136 Å². The van der Waals surface area contributed by atoms with E-state index in [-0.39, 0.29) is 12.3 Å². The minimum absolute atomic E-state index is 0. The number of hydrogen-bond acceptors (Lipinski definition) is 2. The molecule has 0 aromatic heterocycles. The highest BCUT2D eigenvalue weighted by molar-refractivity contribution is 6.07. The van der Waals surface area contributed by atoms with Crippen LogP contribution < -0.4 is 6.15 Å². The lowest BCUT2D eigenvalue weighted by atomic mass is 9.87. The molecule has 0 heterocycles. The minimum Gasteiger partial charge on any atom is -0.344 e. The van der Waals surface area contributed by atoms with E-state index < -0.39 is 0 Å². The lowest BCUT2D eigenvalue weighted by Gasteiger charge is -2.25. The van der Waals surface area contributed by atoms with Crippen molar-refractivity contribution < 1.29 is 4.29 Å². The van der Waals surface area contributed by atoms with Gasteiger partial charge in [0.1, 0.15) is 0 Å². The third-order valence-corrected chi connectivity index (χ3v) is 5.82. The van der Waals surface area contributed by atoms with Crippen molar-refractivity contribution in [3.8, 4) is 0 Å². The highest BCUT2D eigenvalue weighted by atomic mass is 35.5. The summed E-state index contributed by atoms with van der Waals surface area (Å²) >= 11 is 5.93. The Morgan fingerprint density at radius 1 is 0.538 bits per heavy atom. The first-order chi connectivity index (χ1) is 12.3. The maximum atomic E-state index is 5.93. The summed E-state index contributed by atoms with van der Waals surface area (Å²) < 4.78 is 5.45. The van der Waals surface area contributed by atoms with Crippen LogP contribution in [0.25, 0.3) is 0 Å². The van der Waals surface area contributed by atoms with Gasteiger partial charge in [-0.3, -0.25) is 4.29 Å². The van der Waals surface area contributed by atoms with E-state index in [0.29, 0.717) is 5.92 Å². The van der Waals surface area contributed by atoms with Crippen molar-refractivity contribution in [2.75, 3.05) is 0 Å². The first-order valence-corrected chi connectivity index (χ1v) is 11.9. The molecule has 0 aliphatic rings. The second kappa shape index (κ2) is 23.2. The molecule has 160 valence electrons. The Morgan fingerprint density at radius 2 is 0.885 bits per heavy atom. The summed E-state index contributed by atoms with van der Waals surface area (Å²) in [5, 5.41) is 0. The van der Waals surface area contributed by atoms with Crippen molar-refractivity contribution in [3.63, 3.8) is 0 Å². The van der Waals surface area contributed by atoms with Crippen LogP contribution in [-0.4, -0.2) is 6.10 Å². The zero-order chi connectivity index (χ0) is 18.6. The van der Waals surface area contributed by atoms with Gasteiger partial charge in [-0.2, -0.15) is 0 Å². The Hall–Kier alpha value is 0.210. The van der Waals surface area contributed by atoms with Crippen molar-refractivity contribution in [2.45, 2.75) is 142 Å². The van der Waals surface area contributed by atoms with Crippen LogP contribution in [0.4, 0.5) is 0 Å². The lowest BCUT2D eigenvalue weighted by molar-refractivity contribution is 0.118. The molecule has 0 rings (SSSR count). The predicted molar refractivity (Wildman–Crippen MR) is 119 cm³/mol. The van der Waals surface area contributed by atoms with Gasteiger partial charge in [-0.15, -0.1) is 0 Å². The van der Waals surface area contributed by atoms with E-state index >= 15 is 0 Å². The molecule has 1 atom stereocenters. The third kappa shape index (κ3) is 17.6. The van der Waals surface area contributed by atoms with Gasteiger partial charge in [0.2, 0.25) is 0 Å². The zero-order valence-electron chi connectivity index (χ0n) is 18.4.